The number of nitrogens with zero attached hydrogens (tertiary/aromatic N) is 3. The summed E-state index contributed by atoms with van der Waals surface area (Å²) < 4.78 is 4.89. The van der Waals surface area contributed by atoms with Crippen LogP contribution in [0.25, 0.3) is 91.6 Å². The third kappa shape index (κ3) is 3.20. The second-order valence-corrected chi connectivity index (χ2v) is 12.4. The van der Waals surface area contributed by atoms with Gasteiger partial charge in [0.1, 0.15) is 0 Å². The number of thiophene rings is 1. The van der Waals surface area contributed by atoms with E-state index < -0.39 is 0 Å². The average Bonchev–Trinajstić information content (AvgIpc) is 3.65. The minimum absolute atomic E-state index is 0.683. The second kappa shape index (κ2) is 8.96. The van der Waals surface area contributed by atoms with Gasteiger partial charge < -0.3 is 0 Å². The van der Waals surface area contributed by atoms with Crippen molar-refractivity contribution in [3.8, 4) is 17.2 Å². The number of para-hydroxylation sites is 2. The summed E-state index contributed by atoms with van der Waals surface area (Å²) in [6.07, 6.45) is 0. The van der Waals surface area contributed by atoms with E-state index in [0.717, 1.165) is 33.2 Å². The lowest BCUT2D eigenvalue weighted by molar-refractivity contribution is 1.01. The minimum atomic E-state index is 0.683. The van der Waals surface area contributed by atoms with Crippen LogP contribution in [0.5, 0.6) is 0 Å². The van der Waals surface area contributed by atoms with Gasteiger partial charge >= 0.3 is 0 Å². The van der Waals surface area contributed by atoms with Crippen molar-refractivity contribution in [2.75, 3.05) is 0 Å². The molecule has 0 aliphatic rings. The van der Waals surface area contributed by atoms with Gasteiger partial charge in [0.2, 0.25) is 5.95 Å². The first-order valence-corrected chi connectivity index (χ1v) is 15.7. The standard InChI is InChI=1S/C40H23N3S/c1-2-12-24(13-3-1)38-29-18-8-10-20-31(29)41-40(42-38)43-32-21-11-9-19-30(32)35-33(43)22-23-34-37(35)36-27-16-6-4-14-25(27)26-15-5-7-17-28(26)39(36)44-34/h1-23H. The lowest BCUT2D eigenvalue weighted by atomic mass is 9.96. The normalized spacial score (nSPS) is 12.1. The number of hydrogen-bond acceptors (Lipinski definition) is 3. The summed E-state index contributed by atoms with van der Waals surface area (Å²) in [7, 11) is 0. The average molecular weight is 578 g/mol. The molecular formula is C40H23N3S. The van der Waals surface area contributed by atoms with E-state index in [-0.39, 0.29) is 0 Å². The van der Waals surface area contributed by atoms with Crippen molar-refractivity contribution in [3.05, 3.63) is 140 Å². The van der Waals surface area contributed by atoms with E-state index in [4.69, 9.17) is 9.97 Å². The molecule has 0 saturated carbocycles. The Hall–Kier alpha value is -5.58. The molecular weight excluding hydrogens is 555 g/mol. The van der Waals surface area contributed by atoms with Crippen molar-refractivity contribution in [1.82, 2.24) is 14.5 Å². The third-order valence-electron chi connectivity index (χ3n) is 8.99. The maximum atomic E-state index is 5.29. The van der Waals surface area contributed by atoms with E-state index in [1.165, 1.54) is 52.5 Å². The van der Waals surface area contributed by atoms with E-state index in [9.17, 15) is 0 Å². The predicted molar refractivity (Wildman–Crippen MR) is 187 cm³/mol. The largest absolute Gasteiger partial charge is 0.278 e. The highest BCUT2D eigenvalue weighted by atomic mass is 32.1. The highest BCUT2D eigenvalue weighted by Crippen LogP contribution is 2.48. The van der Waals surface area contributed by atoms with E-state index in [2.05, 4.69) is 138 Å². The van der Waals surface area contributed by atoms with Crippen molar-refractivity contribution in [1.29, 1.82) is 0 Å². The molecule has 0 amide bonds. The predicted octanol–water partition coefficient (Wildman–Crippen LogP) is 11.1. The second-order valence-electron chi connectivity index (χ2n) is 11.3. The van der Waals surface area contributed by atoms with Crippen LogP contribution in [0.1, 0.15) is 0 Å². The molecule has 0 N–H and O–H groups in total. The molecule has 44 heavy (non-hydrogen) atoms. The molecule has 4 heteroatoms. The molecule has 10 rings (SSSR count). The fourth-order valence-electron chi connectivity index (χ4n) is 7.14. The Balaban J connectivity index is 1.40. The molecule has 10 aromatic rings. The molecule has 0 spiro atoms. The zero-order valence-corrected chi connectivity index (χ0v) is 24.3. The highest BCUT2D eigenvalue weighted by molar-refractivity contribution is 7.27. The van der Waals surface area contributed by atoms with Gasteiger partial charge in [0.25, 0.3) is 0 Å². The van der Waals surface area contributed by atoms with Gasteiger partial charge in [0, 0.05) is 47.3 Å². The van der Waals surface area contributed by atoms with E-state index >= 15 is 0 Å². The Morgan fingerprint density at radius 2 is 1.07 bits per heavy atom. The summed E-state index contributed by atoms with van der Waals surface area (Å²) >= 11 is 1.90. The van der Waals surface area contributed by atoms with Gasteiger partial charge in [-0.1, -0.05) is 115 Å². The van der Waals surface area contributed by atoms with E-state index in [1.807, 2.05) is 17.4 Å². The Morgan fingerprint density at radius 3 is 1.89 bits per heavy atom. The molecule has 0 fully saturated rings. The Kier molecular flexibility index (Phi) is 4.87. The van der Waals surface area contributed by atoms with Gasteiger partial charge in [-0.3, -0.25) is 4.57 Å². The molecule has 0 saturated heterocycles. The molecule has 0 radical (unpaired) electrons. The molecule has 0 atom stereocenters. The number of benzene rings is 7. The van der Waals surface area contributed by atoms with Gasteiger partial charge in [-0.2, -0.15) is 0 Å². The lowest BCUT2D eigenvalue weighted by Gasteiger charge is -2.11. The molecule has 0 bridgehead atoms. The number of hydrogen-bond donors (Lipinski definition) is 0. The smallest absolute Gasteiger partial charge is 0.235 e. The molecule has 7 aromatic carbocycles. The maximum Gasteiger partial charge on any atom is 0.235 e. The third-order valence-corrected chi connectivity index (χ3v) is 10.2. The maximum absolute atomic E-state index is 5.29. The van der Waals surface area contributed by atoms with Gasteiger partial charge in [-0.25, -0.2) is 9.97 Å². The SMILES string of the molecule is c1ccc(-c2nc(-n3c4ccccc4c4c5c(ccc43)sc3c4ccccc4c4ccccc4c35)nc3ccccc23)cc1. The molecule has 3 heterocycles. The lowest BCUT2D eigenvalue weighted by Crippen LogP contribution is -2.03. The summed E-state index contributed by atoms with van der Waals surface area (Å²) in [6.45, 7) is 0. The Bertz CT molecular complexity index is 2770. The van der Waals surface area contributed by atoms with Crippen molar-refractivity contribution in [3.63, 3.8) is 0 Å². The summed E-state index contributed by atoms with van der Waals surface area (Å²) in [4.78, 5) is 10.5. The van der Waals surface area contributed by atoms with Crippen LogP contribution >= 0.6 is 11.3 Å². The summed E-state index contributed by atoms with van der Waals surface area (Å²) in [5, 5.41) is 11.4. The molecule has 0 aliphatic heterocycles. The zero-order chi connectivity index (χ0) is 28.8. The summed E-state index contributed by atoms with van der Waals surface area (Å²) in [6, 6.07) is 49.7. The summed E-state index contributed by atoms with van der Waals surface area (Å²) in [5.74, 6) is 0.683. The van der Waals surface area contributed by atoms with E-state index in [1.54, 1.807) is 0 Å². The van der Waals surface area contributed by atoms with E-state index in [0.29, 0.717) is 5.95 Å². The Morgan fingerprint density at radius 1 is 0.432 bits per heavy atom. The van der Waals surface area contributed by atoms with Crippen molar-refractivity contribution in [2.45, 2.75) is 0 Å². The molecule has 0 unspecified atom stereocenters. The first-order chi connectivity index (χ1) is 21.8. The molecule has 204 valence electrons. The van der Waals surface area contributed by atoms with Gasteiger partial charge in [0.05, 0.1) is 22.2 Å². The number of aromatic nitrogens is 3. The fraction of sp³-hybridized carbons (Fsp3) is 0. The van der Waals surface area contributed by atoms with Crippen LogP contribution in [0.3, 0.4) is 0 Å². The van der Waals surface area contributed by atoms with Crippen LogP contribution in [-0.4, -0.2) is 14.5 Å². The van der Waals surface area contributed by atoms with Crippen LogP contribution in [0.15, 0.2) is 140 Å². The number of fused-ring (bicyclic) bond motifs is 13. The minimum Gasteiger partial charge on any atom is -0.278 e. The van der Waals surface area contributed by atoms with Gasteiger partial charge in [0.15, 0.2) is 0 Å². The monoisotopic (exact) mass is 577 g/mol. The molecule has 0 aliphatic carbocycles. The Labute approximate surface area is 256 Å². The first kappa shape index (κ1) is 23.9. The van der Waals surface area contributed by atoms with Gasteiger partial charge in [-0.15, -0.1) is 11.3 Å². The van der Waals surface area contributed by atoms with Crippen molar-refractivity contribution in [2.24, 2.45) is 0 Å². The van der Waals surface area contributed by atoms with Gasteiger partial charge in [-0.05, 0) is 40.4 Å². The van der Waals surface area contributed by atoms with Crippen molar-refractivity contribution < 1.29 is 0 Å². The number of rotatable bonds is 2. The van der Waals surface area contributed by atoms with Crippen LogP contribution < -0.4 is 0 Å². The highest BCUT2D eigenvalue weighted by Gasteiger charge is 2.22. The van der Waals surface area contributed by atoms with Crippen LogP contribution in [0.2, 0.25) is 0 Å². The molecule has 3 aromatic heterocycles. The first-order valence-electron chi connectivity index (χ1n) is 14.9. The topological polar surface area (TPSA) is 30.7 Å². The quantitative estimate of drug-likeness (QED) is 0.191. The van der Waals surface area contributed by atoms with Crippen LogP contribution in [0.4, 0.5) is 0 Å². The van der Waals surface area contributed by atoms with Crippen LogP contribution in [0, 0.1) is 0 Å². The molecule has 3 nitrogen and oxygen atoms in total. The fourth-order valence-corrected chi connectivity index (χ4v) is 8.41. The van der Waals surface area contributed by atoms with Crippen LogP contribution in [-0.2, 0) is 0 Å². The summed E-state index contributed by atoms with van der Waals surface area (Å²) in [5.41, 5.74) is 5.18. The van der Waals surface area contributed by atoms with Crippen molar-refractivity contribution >= 4 is 85.8 Å². The zero-order valence-electron chi connectivity index (χ0n) is 23.5.